The summed E-state index contributed by atoms with van der Waals surface area (Å²) in [5, 5.41) is 22.9. The van der Waals surface area contributed by atoms with Crippen LogP contribution in [0.25, 0.3) is 5.70 Å². The quantitative estimate of drug-likeness (QED) is 0.407. The zero-order chi connectivity index (χ0) is 28.3. The lowest BCUT2D eigenvalue weighted by Gasteiger charge is -2.40. The summed E-state index contributed by atoms with van der Waals surface area (Å²) in [6, 6.07) is 17.8. The van der Waals surface area contributed by atoms with Crippen molar-refractivity contribution in [3.05, 3.63) is 77.0 Å². The molecule has 3 aliphatic rings. The summed E-state index contributed by atoms with van der Waals surface area (Å²) in [4.78, 5) is 33.4. The van der Waals surface area contributed by atoms with E-state index in [9.17, 15) is 14.7 Å². The lowest BCUT2D eigenvalue weighted by Crippen LogP contribution is -2.54. The van der Waals surface area contributed by atoms with Crippen LogP contribution in [0.15, 0.2) is 65.3 Å². The highest BCUT2D eigenvalue weighted by molar-refractivity contribution is 6.47. The molecule has 0 radical (unpaired) electrons. The molecule has 2 aromatic rings. The maximum absolute atomic E-state index is 13.2. The molecule has 0 unspecified atom stereocenters. The number of benzene rings is 2. The molecule has 2 amide bonds. The van der Waals surface area contributed by atoms with Crippen LogP contribution in [0, 0.1) is 5.41 Å². The first-order chi connectivity index (χ1) is 19.2. The van der Waals surface area contributed by atoms with Crippen molar-refractivity contribution >= 4 is 29.6 Å². The van der Waals surface area contributed by atoms with Crippen molar-refractivity contribution in [1.29, 1.82) is 5.41 Å². The Morgan fingerprint density at radius 1 is 1.07 bits per heavy atom. The second-order valence-corrected chi connectivity index (χ2v) is 11.2. The number of carbonyl (C=O) groups excluding carboxylic acids is 2. The highest BCUT2D eigenvalue weighted by atomic mass is 16.3. The van der Waals surface area contributed by atoms with E-state index in [1.54, 1.807) is 11.9 Å². The average Bonchev–Trinajstić information content (AvgIpc) is 2.95. The Hall–Kier alpha value is -3.82. The van der Waals surface area contributed by atoms with Gasteiger partial charge < -0.3 is 21.1 Å². The Morgan fingerprint density at radius 2 is 1.75 bits per heavy atom. The molecule has 210 valence electrons. The van der Waals surface area contributed by atoms with Crippen molar-refractivity contribution in [2.24, 2.45) is 10.7 Å². The largest absolute Gasteiger partial charge is 0.388 e. The fraction of sp³-hybridized carbons (Fsp3) is 0.419. The van der Waals surface area contributed by atoms with Gasteiger partial charge in [0.15, 0.2) is 0 Å². The number of aryl methyl sites for hydroxylation is 1. The number of nitrogens with zero attached hydrogens (tertiary/aromatic N) is 3. The van der Waals surface area contributed by atoms with Crippen molar-refractivity contribution in [3.8, 4) is 0 Å². The molecule has 0 bridgehead atoms. The van der Waals surface area contributed by atoms with Gasteiger partial charge in [0.1, 0.15) is 11.4 Å². The molecule has 9 heteroatoms. The van der Waals surface area contributed by atoms with E-state index in [-0.39, 0.29) is 29.4 Å². The maximum atomic E-state index is 13.2. The van der Waals surface area contributed by atoms with Gasteiger partial charge in [0.05, 0.1) is 24.2 Å². The van der Waals surface area contributed by atoms with E-state index in [4.69, 9.17) is 11.1 Å². The molecule has 1 aliphatic carbocycles. The molecule has 2 fully saturated rings. The zero-order valence-corrected chi connectivity index (χ0v) is 23.0. The Labute approximate surface area is 235 Å². The van der Waals surface area contributed by atoms with Crippen LogP contribution in [-0.2, 0) is 21.5 Å². The molecule has 2 heterocycles. The van der Waals surface area contributed by atoms with Gasteiger partial charge in [-0.05, 0) is 55.2 Å². The highest BCUT2D eigenvalue weighted by Crippen LogP contribution is 2.39. The number of aliphatic imine (C=N–C) groups is 1. The molecule has 5 N–H and O–H groups in total. The third-order valence-electron chi connectivity index (χ3n) is 8.50. The Kier molecular flexibility index (Phi) is 7.87. The summed E-state index contributed by atoms with van der Waals surface area (Å²) in [6.45, 7) is 0.880. The molecule has 2 aliphatic heterocycles. The molecule has 1 saturated heterocycles. The Bertz CT molecular complexity index is 1320. The first-order valence-electron chi connectivity index (χ1n) is 14.0. The number of aliphatic hydroxyl groups is 1. The van der Waals surface area contributed by atoms with Crippen molar-refractivity contribution in [2.45, 2.75) is 56.1 Å². The van der Waals surface area contributed by atoms with Crippen LogP contribution in [-0.4, -0.2) is 71.1 Å². The zero-order valence-electron chi connectivity index (χ0n) is 23.0. The van der Waals surface area contributed by atoms with Crippen molar-refractivity contribution in [1.82, 2.24) is 15.1 Å². The number of likely N-dealkylation sites (tertiary alicyclic amines) is 1. The van der Waals surface area contributed by atoms with Crippen LogP contribution in [0.1, 0.15) is 55.2 Å². The highest BCUT2D eigenvalue weighted by Gasteiger charge is 2.39. The van der Waals surface area contributed by atoms with Crippen LogP contribution in [0.3, 0.4) is 0 Å². The minimum absolute atomic E-state index is 0.0270. The fourth-order valence-corrected chi connectivity index (χ4v) is 5.71. The summed E-state index contributed by atoms with van der Waals surface area (Å²) < 4.78 is 0. The van der Waals surface area contributed by atoms with Gasteiger partial charge in [-0.15, -0.1) is 0 Å². The molecule has 0 aromatic heterocycles. The van der Waals surface area contributed by atoms with Crippen LogP contribution >= 0.6 is 0 Å². The predicted octanol–water partition coefficient (Wildman–Crippen LogP) is 2.79. The number of piperidine rings is 1. The molecular formula is C31H38N6O3. The van der Waals surface area contributed by atoms with Gasteiger partial charge in [-0.2, -0.15) is 0 Å². The molecule has 1 saturated carbocycles. The first-order valence-corrected chi connectivity index (χ1v) is 14.0. The molecule has 0 spiro atoms. The van der Waals surface area contributed by atoms with Crippen LogP contribution < -0.4 is 11.1 Å². The number of nitrogens with two attached hydrogens (primary N) is 1. The average molecular weight is 543 g/mol. The standard InChI is InChI=1S/C31H38N6O3/c1-34-27(23-9-11-24(12-10-23)31(33)14-5-15-31)28-26(32)29(39)37(21-35-28)20-30(40)16-18-36(19-17-30)25(38)13-8-22-6-3-2-4-7-22/h2-4,6-7,9-12,21,32,34,40H,5,8,13-20,33H2,1H3/b28-27+,32-26?. The number of nitrogens with one attached hydrogen (secondary N) is 2. The van der Waals surface area contributed by atoms with E-state index in [0.717, 1.165) is 36.0 Å². The summed E-state index contributed by atoms with van der Waals surface area (Å²) in [5.74, 6) is -0.445. The van der Waals surface area contributed by atoms with Crippen LogP contribution in [0.5, 0.6) is 0 Å². The van der Waals surface area contributed by atoms with E-state index in [1.807, 2.05) is 54.6 Å². The van der Waals surface area contributed by atoms with Crippen molar-refractivity contribution < 1.29 is 14.7 Å². The van der Waals surface area contributed by atoms with E-state index in [1.165, 1.54) is 11.2 Å². The van der Waals surface area contributed by atoms with E-state index >= 15 is 0 Å². The summed E-state index contributed by atoms with van der Waals surface area (Å²) >= 11 is 0. The van der Waals surface area contributed by atoms with Gasteiger partial charge in [-0.1, -0.05) is 54.6 Å². The van der Waals surface area contributed by atoms with Crippen molar-refractivity contribution in [2.75, 3.05) is 26.7 Å². The molecule has 5 rings (SSSR count). The number of amides is 2. The normalized spacial score (nSPS) is 21.2. The molecule has 40 heavy (non-hydrogen) atoms. The van der Waals surface area contributed by atoms with E-state index in [2.05, 4.69) is 10.3 Å². The SMILES string of the molecule is CN/C(=C1/N=CN(CC2(O)CCN(C(=O)CCc3ccccc3)CC2)C(=O)C1=N)c1ccc(C2(N)CCC2)cc1. The van der Waals surface area contributed by atoms with E-state index < -0.39 is 11.5 Å². The molecule has 0 atom stereocenters. The second-order valence-electron chi connectivity index (χ2n) is 11.2. The third-order valence-corrected chi connectivity index (χ3v) is 8.50. The molecule has 9 nitrogen and oxygen atoms in total. The van der Waals surface area contributed by atoms with Gasteiger partial charge in [0.2, 0.25) is 5.91 Å². The van der Waals surface area contributed by atoms with Gasteiger partial charge in [0.25, 0.3) is 5.91 Å². The predicted molar refractivity (Wildman–Crippen MR) is 156 cm³/mol. The number of carbonyl (C=O) groups is 2. The lowest BCUT2D eigenvalue weighted by molar-refractivity contribution is -0.137. The van der Waals surface area contributed by atoms with Gasteiger partial charge in [-0.3, -0.25) is 19.9 Å². The number of rotatable bonds is 8. The topological polar surface area (TPSA) is 135 Å². The summed E-state index contributed by atoms with van der Waals surface area (Å²) in [5.41, 5.74) is 8.67. The van der Waals surface area contributed by atoms with Crippen LogP contribution in [0.2, 0.25) is 0 Å². The monoisotopic (exact) mass is 542 g/mol. The van der Waals surface area contributed by atoms with Gasteiger partial charge in [-0.25, -0.2) is 4.99 Å². The minimum Gasteiger partial charge on any atom is -0.388 e. The van der Waals surface area contributed by atoms with Crippen molar-refractivity contribution in [3.63, 3.8) is 0 Å². The molecule has 2 aromatic carbocycles. The van der Waals surface area contributed by atoms with E-state index in [0.29, 0.717) is 44.5 Å². The lowest BCUT2D eigenvalue weighted by atomic mass is 9.72. The van der Waals surface area contributed by atoms with Gasteiger partial charge in [0, 0.05) is 32.1 Å². The second kappa shape index (κ2) is 11.3. The van der Waals surface area contributed by atoms with Crippen LogP contribution in [0.4, 0.5) is 0 Å². The first kappa shape index (κ1) is 27.7. The summed E-state index contributed by atoms with van der Waals surface area (Å²) in [7, 11) is 1.74. The Morgan fingerprint density at radius 3 is 2.35 bits per heavy atom. The Balaban J connectivity index is 1.21. The number of hydrogen-bond acceptors (Lipinski definition) is 7. The maximum Gasteiger partial charge on any atom is 0.279 e. The summed E-state index contributed by atoms with van der Waals surface area (Å²) in [6.07, 6.45) is 6.30. The fourth-order valence-electron chi connectivity index (χ4n) is 5.71. The molecular weight excluding hydrogens is 504 g/mol. The number of hydrogen-bond donors (Lipinski definition) is 4. The van der Waals surface area contributed by atoms with Gasteiger partial charge >= 0.3 is 0 Å². The minimum atomic E-state index is -1.15. The third kappa shape index (κ3) is 5.71. The smallest absolute Gasteiger partial charge is 0.279 e. The number of β-amino-alcohol motifs (C(OH)–C–C–N with tert-alkyl or cyclic N) is 1.